The fraction of sp³-hybridized carbons (Fsp3) is 0.190. The number of hydrogen-bond acceptors (Lipinski definition) is 5. The Balaban J connectivity index is 1.66. The average molecular weight is 361 g/mol. The molecule has 0 unspecified atom stereocenters. The lowest BCUT2D eigenvalue weighted by atomic mass is 10.1. The lowest BCUT2D eigenvalue weighted by Crippen LogP contribution is -2.15. The highest BCUT2D eigenvalue weighted by molar-refractivity contribution is 6.03. The number of nitrogens with one attached hydrogen (secondary N) is 2. The molecular formula is C21H23N5O. The number of carbonyl (C=O) groups excluding carboxylic acids is 1. The van der Waals surface area contributed by atoms with Crippen molar-refractivity contribution in [1.82, 2.24) is 9.97 Å². The zero-order valence-electron chi connectivity index (χ0n) is 15.7. The van der Waals surface area contributed by atoms with Crippen molar-refractivity contribution >= 4 is 28.8 Å². The molecule has 27 heavy (non-hydrogen) atoms. The topological polar surface area (TPSA) is 70.2 Å². The molecule has 0 radical (unpaired) electrons. The van der Waals surface area contributed by atoms with Gasteiger partial charge in [-0.25, -0.2) is 9.97 Å². The largest absolute Gasteiger partial charge is 0.378 e. The fourth-order valence-electron chi connectivity index (χ4n) is 2.64. The van der Waals surface area contributed by atoms with E-state index in [1.54, 1.807) is 6.20 Å². The van der Waals surface area contributed by atoms with Crippen molar-refractivity contribution in [2.75, 3.05) is 29.6 Å². The van der Waals surface area contributed by atoms with E-state index in [4.69, 9.17) is 0 Å². The number of benzene rings is 2. The molecule has 3 rings (SSSR count). The number of rotatable bonds is 6. The van der Waals surface area contributed by atoms with Crippen LogP contribution in [0.15, 0.2) is 60.9 Å². The number of aromatic nitrogens is 2. The number of para-hydroxylation sites is 1. The number of amides is 1. The normalized spacial score (nSPS) is 10.3. The Morgan fingerprint density at radius 3 is 2.37 bits per heavy atom. The monoisotopic (exact) mass is 361 g/mol. The zero-order chi connectivity index (χ0) is 19.2. The van der Waals surface area contributed by atoms with Crippen molar-refractivity contribution in [2.45, 2.75) is 13.3 Å². The molecule has 1 heterocycles. The molecule has 2 aromatic carbocycles. The van der Waals surface area contributed by atoms with E-state index in [-0.39, 0.29) is 11.6 Å². The van der Waals surface area contributed by atoms with E-state index >= 15 is 0 Å². The van der Waals surface area contributed by atoms with Crippen molar-refractivity contribution < 1.29 is 4.79 Å². The predicted molar refractivity (Wildman–Crippen MR) is 110 cm³/mol. The SMILES string of the molecule is CCc1ccccc1NC(=O)c1cnc(Nc2ccc(N(C)C)cc2)cn1. The molecule has 1 amide bonds. The molecule has 6 nitrogen and oxygen atoms in total. The highest BCUT2D eigenvalue weighted by Gasteiger charge is 2.10. The number of carbonyl (C=O) groups is 1. The Morgan fingerprint density at radius 2 is 1.74 bits per heavy atom. The average Bonchev–Trinajstić information content (AvgIpc) is 2.69. The van der Waals surface area contributed by atoms with Crippen LogP contribution in [-0.2, 0) is 6.42 Å². The summed E-state index contributed by atoms with van der Waals surface area (Å²) in [6.07, 6.45) is 3.87. The molecule has 0 fully saturated rings. The summed E-state index contributed by atoms with van der Waals surface area (Å²) in [7, 11) is 3.99. The Labute approximate surface area is 159 Å². The van der Waals surface area contributed by atoms with Gasteiger partial charge in [0.05, 0.1) is 12.4 Å². The Bertz CT molecular complexity index is 905. The minimum Gasteiger partial charge on any atom is -0.378 e. The van der Waals surface area contributed by atoms with Crippen LogP contribution in [0.2, 0.25) is 0 Å². The maximum absolute atomic E-state index is 12.4. The molecule has 138 valence electrons. The van der Waals surface area contributed by atoms with Crippen molar-refractivity contribution in [3.8, 4) is 0 Å². The molecule has 1 aromatic heterocycles. The minimum atomic E-state index is -0.273. The van der Waals surface area contributed by atoms with Crippen molar-refractivity contribution in [1.29, 1.82) is 0 Å². The van der Waals surface area contributed by atoms with Crippen LogP contribution in [0.25, 0.3) is 0 Å². The van der Waals surface area contributed by atoms with Crippen LogP contribution in [0.4, 0.5) is 22.9 Å². The van der Waals surface area contributed by atoms with E-state index in [9.17, 15) is 4.79 Å². The van der Waals surface area contributed by atoms with Gasteiger partial charge in [-0.15, -0.1) is 0 Å². The molecule has 0 aliphatic carbocycles. The van der Waals surface area contributed by atoms with E-state index in [0.717, 1.165) is 29.0 Å². The second-order valence-corrected chi connectivity index (χ2v) is 6.32. The highest BCUT2D eigenvalue weighted by atomic mass is 16.1. The first-order valence-corrected chi connectivity index (χ1v) is 8.82. The van der Waals surface area contributed by atoms with Crippen LogP contribution >= 0.6 is 0 Å². The lowest BCUT2D eigenvalue weighted by Gasteiger charge is -2.13. The van der Waals surface area contributed by atoms with Gasteiger partial charge in [-0.1, -0.05) is 25.1 Å². The molecule has 0 bridgehead atoms. The summed E-state index contributed by atoms with van der Waals surface area (Å²) in [5.74, 6) is 0.309. The van der Waals surface area contributed by atoms with Crippen molar-refractivity contribution in [3.05, 3.63) is 72.2 Å². The first kappa shape index (κ1) is 18.4. The van der Waals surface area contributed by atoms with E-state index < -0.39 is 0 Å². The van der Waals surface area contributed by atoms with Gasteiger partial charge in [-0.3, -0.25) is 4.79 Å². The summed E-state index contributed by atoms with van der Waals surface area (Å²) < 4.78 is 0. The smallest absolute Gasteiger partial charge is 0.275 e. The van der Waals surface area contributed by atoms with Gasteiger partial charge in [-0.05, 0) is 42.3 Å². The summed E-state index contributed by atoms with van der Waals surface area (Å²) in [6.45, 7) is 2.05. The van der Waals surface area contributed by atoms with Gasteiger partial charge in [0.25, 0.3) is 5.91 Å². The Kier molecular flexibility index (Phi) is 5.66. The molecule has 0 aliphatic heterocycles. The Morgan fingerprint density at radius 1 is 1.00 bits per heavy atom. The van der Waals surface area contributed by atoms with Crippen LogP contribution in [0.1, 0.15) is 23.0 Å². The molecule has 0 atom stereocenters. The molecule has 0 aliphatic rings. The van der Waals surface area contributed by atoms with Gasteiger partial charge in [0.15, 0.2) is 0 Å². The van der Waals surface area contributed by atoms with Crippen LogP contribution < -0.4 is 15.5 Å². The van der Waals surface area contributed by atoms with Crippen LogP contribution in [0.5, 0.6) is 0 Å². The van der Waals surface area contributed by atoms with Gasteiger partial charge in [-0.2, -0.15) is 0 Å². The van der Waals surface area contributed by atoms with E-state index in [1.807, 2.05) is 67.5 Å². The predicted octanol–water partition coefficient (Wildman–Crippen LogP) is 4.10. The molecular weight excluding hydrogens is 338 g/mol. The summed E-state index contributed by atoms with van der Waals surface area (Å²) in [4.78, 5) is 23.0. The fourth-order valence-corrected chi connectivity index (χ4v) is 2.64. The summed E-state index contributed by atoms with van der Waals surface area (Å²) in [6, 6.07) is 15.7. The number of aryl methyl sites for hydroxylation is 1. The van der Waals surface area contributed by atoms with Crippen molar-refractivity contribution in [2.24, 2.45) is 0 Å². The minimum absolute atomic E-state index is 0.273. The molecule has 0 saturated heterocycles. The van der Waals surface area contributed by atoms with E-state index in [0.29, 0.717) is 5.82 Å². The number of hydrogen-bond donors (Lipinski definition) is 2. The molecule has 3 aromatic rings. The quantitative estimate of drug-likeness (QED) is 0.692. The molecule has 0 spiro atoms. The zero-order valence-corrected chi connectivity index (χ0v) is 15.7. The summed E-state index contributed by atoms with van der Waals surface area (Å²) >= 11 is 0. The van der Waals surface area contributed by atoms with E-state index in [1.165, 1.54) is 6.20 Å². The van der Waals surface area contributed by atoms with Gasteiger partial charge in [0.2, 0.25) is 0 Å². The highest BCUT2D eigenvalue weighted by Crippen LogP contribution is 2.19. The first-order chi connectivity index (χ1) is 13.1. The van der Waals surface area contributed by atoms with Crippen molar-refractivity contribution in [3.63, 3.8) is 0 Å². The van der Waals surface area contributed by atoms with E-state index in [2.05, 4.69) is 27.5 Å². The van der Waals surface area contributed by atoms with Gasteiger partial charge < -0.3 is 15.5 Å². The van der Waals surface area contributed by atoms with Gasteiger partial charge >= 0.3 is 0 Å². The first-order valence-electron chi connectivity index (χ1n) is 8.82. The third-order valence-electron chi connectivity index (χ3n) is 4.19. The molecule has 2 N–H and O–H groups in total. The molecule has 6 heteroatoms. The van der Waals surface area contributed by atoms with Gasteiger partial charge in [0, 0.05) is 31.2 Å². The number of anilines is 4. The summed E-state index contributed by atoms with van der Waals surface area (Å²) in [5.41, 5.74) is 4.18. The third kappa shape index (κ3) is 4.61. The summed E-state index contributed by atoms with van der Waals surface area (Å²) in [5, 5.41) is 6.08. The van der Waals surface area contributed by atoms with Gasteiger partial charge in [0.1, 0.15) is 11.5 Å². The van der Waals surface area contributed by atoms with Crippen LogP contribution in [0.3, 0.4) is 0 Å². The standard InChI is InChI=1S/C21H23N5O/c1-4-15-7-5-6-8-18(15)25-21(27)19-13-23-20(14-22-19)24-16-9-11-17(12-10-16)26(2)3/h5-14H,4H2,1-3H3,(H,23,24)(H,25,27). The second-order valence-electron chi connectivity index (χ2n) is 6.32. The maximum Gasteiger partial charge on any atom is 0.275 e. The second kappa shape index (κ2) is 8.31. The third-order valence-corrected chi connectivity index (χ3v) is 4.19. The molecule has 0 saturated carbocycles. The van der Waals surface area contributed by atoms with Crippen LogP contribution in [-0.4, -0.2) is 30.0 Å². The van der Waals surface area contributed by atoms with Crippen LogP contribution in [0, 0.1) is 0 Å². The Hall–Kier alpha value is -3.41. The maximum atomic E-state index is 12.4. The number of nitrogens with zero attached hydrogens (tertiary/aromatic N) is 3. The lowest BCUT2D eigenvalue weighted by molar-refractivity contribution is 0.102.